The fraction of sp³-hybridized carbons (Fsp3) is 0.273. The van der Waals surface area contributed by atoms with E-state index in [0.717, 1.165) is 28.2 Å². The van der Waals surface area contributed by atoms with Crippen molar-refractivity contribution in [1.82, 2.24) is 29.5 Å². The smallest absolute Gasteiger partial charge is 0.161 e. The lowest BCUT2D eigenvalue weighted by Gasteiger charge is -2.04. The van der Waals surface area contributed by atoms with E-state index in [2.05, 4.69) is 20.2 Å². The fourth-order valence-electron chi connectivity index (χ4n) is 1.93. The summed E-state index contributed by atoms with van der Waals surface area (Å²) in [5.41, 5.74) is 2.68. The number of rotatable bonds is 1. The molecule has 0 radical (unpaired) electrons. The topological polar surface area (TPSA) is 61.4 Å². The lowest BCUT2D eigenvalue weighted by molar-refractivity contribution is 0.771. The minimum atomic E-state index is 0.734. The SMILES string of the molecule is Cc1nc(-c2ccnn2C)c2cnn(C)c2n1. The molecule has 0 spiro atoms. The summed E-state index contributed by atoms with van der Waals surface area (Å²) in [5.74, 6) is 0.734. The molecule has 3 heterocycles. The van der Waals surface area contributed by atoms with E-state index in [-0.39, 0.29) is 0 Å². The molecule has 3 rings (SSSR count). The molecular formula is C11H12N6. The van der Waals surface area contributed by atoms with Gasteiger partial charge in [-0.25, -0.2) is 9.97 Å². The Bertz CT molecular complexity index is 693. The van der Waals surface area contributed by atoms with E-state index in [9.17, 15) is 0 Å². The highest BCUT2D eigenvalue weighted by Gasteiger charge is 2.13. The molecule has 0 atom stereocenters. The van der Waals surface area contributed by atoms with Crippen LogP contribution in [0.5, 0.6) is 0 Å². The van der Waals surface area contributed by atoms with Gasteiger partial charge in [0.1, 0.15) is 11.5 Å². The molecule has 0 aliphatic carbocycles. The van der Waals surface area contributed by atoms with Crippen molar-refractivity contribution < 1.29 is 0 Å². The van der Waals surface area contributed by atoms with E-state index in [1.54, 1.807) is 21.8 Å². The number of aryl methyl sites for hydroxylation is 3. The number of fused-ring (bicyclic) bond motifs is 1. The van der Waals surface area contributed by atoms with E-state index in [1.807, 2.05) is 27.1 Å². The maximum Gasteiger partial charge on any atom is 0.161 e. The van der Waals surface area contributed by atoms with Crippen molar-refractivity contribution in [2.75, 3.05) is 0 Å². The Labute approximate surface area is 97.9 Å². The van der Waals surface area contributed by atoms with Crippen molar-refractivity contribution in [3.63, 3.8) is 0 Å². The third-order valence-electron chi connectivity index (χ3n) is 2.77. The monoisotopic (exact) mass is 228 g/mol. The van der Waals surface area contributed by atoms with E-state index >= 15 is 0 Å². The second kappa shape index (κ2) is 3.38. The first kappa shape index (κ1) is 9.95. The van der Waals surface area contributed by atoms with Crippen LogP contribution in [-0.2, 0) is 14.1 Å². The van der Waals surface area contributed by atoms with E-state index in [0.29, 0.717) is 0 Å². The minimum absolute atomic E-state index is 0.734. The summed E-state index contributed by atoms with van der Waals surface area (Å²) in [6.07, 6.45) is 3.55. The first-order valence-electron chi connectivity index (χ1n) is 5.31. The van der Waals surface area contributed by atoms with Crippen molar-refractivity contribution in [2.45, 2.75) is 6.92 Å². The summed E-state index contributed by atoms with van der Waals surface area (Å²) >= 11 is 0. The first-order chi connectivity index (χ1) is 8.16. The van der Waals surface area contributed by atoms with Crippen LogP contribution in [0.1, 0.15) is 5.82 Å². The Morgan fingerprint density at radius 1 is 1.06 bits per heavy atom. The molecule has 0 saturated heterocycles. The molecule has 17 heavy (non-hydrogen) atoms. The zero-order valence-corrected chi connectivity index (χ0v) is 9.92. The molecule has 6 nitrogen and oxygen atoms in total. The lowest BCUT2D eigenvalue weighted by atomic mass is 10.2. The van der Waals surface area contributed by atoms with E-state index in [4.69, 9.17) is 0 Å². The van der Waals surface area contributed by atoms with E-state index in [1.165, 1.54) is 0 Å². The summed E-state index contributed by atoms with van der Waals surface area (Å²) in [4.78, 5) is 8.89. The van der Waals surface area contributed by atoms with Gasteiger partial charge in [-0.3, -0.25) is 9.36 Å². The number of aromatic nitrogens is 6. The van der Waals surface area contributed by atoms with Gasteiger partial charge < -0.3 is 0 Å². The molecule has 86 valence electrons. The van der Waals surface area contributed by atoms with Crippen LogP contribution in [0.4, 0.5) is 0 Å². The highest BCUT2D eigenvalue weighted by molar-refractivity contribution is 5.89. The third-order valence-corrected chi connectivity index (χ3v) is 2.77. The Hall–Kier alpha value is -2.24. The van der Waals surface area contributed by atoms with Crippen LogP contribution in [-0.4, -0.2) is 29.5 Å². The van der Waals surface area contributed by atoms with Gasteiger partial charge in [-0.2, -0.15) is 10.2 Å². The molecule has 0 aliphatic rings. The van der Waals surface area contributed by atoms with Crippen molar-refractivity contribution >= 4 is 11.0 Å². The number of nitrogens with zero attached hydrogens (tertiary/aromatic N) is 6. The molecular weight excluding hydrogens is 216 g/mol. The summed E-state index contributed by atoms with van der Waals surface area (Å²) in [6.45, 7) is 1.88. The standard InChI is InChI=1S/C11H12N6/c1-7-14-10(9-4-5-12-16(9)2)8-6-13-17(3)11(8)15-7/h4-6H,1-3H3. The average Bonchev–Trinajstić information content (AvgIpc) is 2.86. The van der Waals surface area contributed by atoms with Crippen molar-refractivity contribution in [2.24, 2.45) is 14.1 Å². The quantitative estimate of drug-likeness (QED) is 0.625. The van der Waals surface area contributed by atoms with E-state index < -0.39 is 0 Å². The van der Waals surface area contributed by atoms with Gasteiger partial charge in [-0.15, -0.1) is 0 Å². The summed E-state index contributed by atoms with van der Waals surface area (Å²) < 4.78 is 3.55. The summed E-state index contributed by atoms with van der Waals surface area (Å²) in [7, 11) is 3.77. The largest absolute Gasteiger partial charge is 0.266 e. The van der Waals surface area contributed by atoms with Crippen molar-refractivity contribution in [1.29, 1.82) is 0 Å². The highest BCUT2D eigenvalue weighted by atomic mass is 15.3. The molecule has 0 fully saturated rings. The highest BCUT2D eigenvalue weighted by Crippen LogP contribution is 2.24. The molecule has 0 N–H and O–H groups in total. The zero-order valence-electron chi connectivity index (χ0n) is 9.92. The predicted molar refractivity (Wildman–Crippen MR) is 63.2 cm³/mol. The van der Waals surface area contributed by atoms with Crippen LogP contribution in [0.15, 0.2) is 18.5 Å². The van der Waals surface area contributed by atoms with Crippen LogP contribution in [0, 0.1) is 6.92 Å². The van der Waals surface area contributed by atoms with Crippen molar-refractivity contribution in [3.05, 3.63) is 24.3 Å². The minimum Gasteiger partial charge on any atom is -0.266 e. The van der Waals surface area contributed by atoms with Gasteiger partial charge in [0.15, 0.2) is 5.65 Å². The Morgan fingerprint density at radius 3 is 2.59 bits per heavy atom. The third kappa shape index (κ3) is 1.41. The molecule has 0 aliphatic heterocycles. The second-order valence-electron chi connectivity index (χ2n) is 3.96. The van der Waals surface area contributed by atoms with Gasteiger partial charge in [-0.1, -0.05) is 0 Å². The molecule has 0 bridgehead atoms. The molecule has 0 unspecified atom stereocenters. The summed E-state index contributed by atoms with van der Waals surface area (Å²) in [6, 6.07) is 1.94. The summed E-state index contributed by atoms with van der Waals surface area (Å²) in [5, 5.41) is 9.33. The van der Waals surface area contributed by atoms with Gasteiger partial charge in [0.2, 0.25) is 0 Å². The van der Waals surface area contributed by atoms with Crippen LogP contribution < -0.4 is 0 Å². The lowest BCUT2D eigenvalue weighted by Crippen LogP contribution is -2.00. The maximum absolute atomic E-state index is 4.49. The number of hydrogen-bond donors (Lipinski definition) is 0. The molecule has 6 heteroatoms. The van der Waals surface area contributed by atoms with Gasteiger partial charge >= 0.3 is 0 Å². The molecule has 3 aromatic heterocycles. The van der Waals surface area contributed by atoms with Gasteiger partial charge in [0.05, 0.1) is 17.3 Å². The molecule has 3 aromatic rings. The Morgan fingerprint density at radius 2 is 1.88 bits per heavy atom. The van der Waals surface area contributed by atoms with Gasteiger partial charge in [0.25, 0.3) is 0 Å². The average molecular weight is 228 g/mol. The second-order valence-corrected chi connectivity index (χ2v) is 3.96. The van der Waals surface area contributed by atoms with Crippen LogP contribution in [0.3, 0.4) is 0 Å². The van der Waals surface area contributed by atoms with Crippen LogP contribution >= 0.6 is 0 Å². The fourth-order valence-corrected chi connectivity index (χ4v) is 1.93. The molecule has 0 saturated carbocycles. The zero-order chi connectivity index (χ0) is 12.0. The number of hydrogen-bond acceptors (Lipinski definition) is 4. The van der Waals surface area contributed by atoms with Crippen LogP contribution in [0.25, 0.3) is 22.4 Å². The van der Waals surface area contributed by atoms with Crippen LogP contribution in [0.2, 0.25) is 0 Å². The predicted octanol–water partition coefficient (Wildman–Crippen LogP) is 1.07. The maximum atomic E-state index is 4.49. The molecule has 0 amide bonds. The van der Waals surface area contributed by atoms with Gasteiger partial charge in [0, 0.05) is 20.3 Å². The molecule has 0 aromatic carbocycles. The van der Waals surface area contributed by atoms with Gasteiger partial charge in [-0.05, 0) is 13.0 Å². The first-order valence-corrected chi connectivity index (χ1v) is 5.31. The Kier molecular flexibility index (Phi) is 1.98. The Balaban J connectivity index is 2.40. The normalized spacial score (nSPS) is 11.2. The van der Waals surface area contributed by atoms with Crippen molar-refractivity contribution in [3.8, 4) is 11.4 Å².